The Labute approximate surface area is 190 Å². The number of amides is 1. The molecule has 31 heavy (non-hydrogen) atoms. The molecule has 7 nitrogen and oxygen atoms in total. The summed E-state index contributed by atoms with van der Waals surface area (Å²) in [7, 11) is 1.60. The average molecular weight is 459 g/mol. The second-order valence-corrected chi connectivity index (χ2v) is 7.94. The Morgan fingerprint density at radius 2 is 2.03 bits per heavy atom. The van der Waals surface area contributed by atoms with E-state index in [4.69, 9.17) is 21.1 Å². The van der Waals surface area contributed by atoms with Crippen molar-refractivity contribution < 1.29 is 14.3 Å². The second kappa shape index (κ2) is 10.9. The lowest BCUT2D eigenvalue weighted by Crippen LogP contribution is -2.15. The van der Waals surface area contributed by atoms with Gasteiger partial charge in [-0.2, -0.15) is 0 Å². The predicted molar refractivity (Wildman–Crippen MR) is 123 cm³/mol. The molecule has 0 unspecified atom stereocenters. The molecule has 3 rings (SSSR count). The number of carbonyl (C=O) groups is 1. The molecular weight excluding hydrogens is 436 g/mol. The van der Waals surface area contributed by atoms with Gasteiger partial charge in [-0.1, -0.05) is 35.5 Å². The Bertz CT molecular complexity index is 1050. The van der Waals surface area contributed by atoms with Gasteiger partial charge in [0.1, 0.15) is 18.1 Å². The van der Waals surface area contributed by atoms with Gasteiger partial charge in [-0.05, 0) is 48.9 Å². The molecular formula is C22H23ClN4O3S. The quantitative estimate of drug-likeness (QED) is 0.349. The Hall–Kier alpha value is -2.97. The van der Waals surface area contributed by atoms with E-state index in [-0.39, 0.29) is 18.3 Å². The summed E-state index contributed by atoms with van der Waals surface area (Å²) < 4.78 is 12.8. The third kappa shape index (κ3) is 6.26. The number of allylic oxidation sites excluding steroid dienone is 1. The number of methoxy groups -OCH3 is 1. The van der Waals surface area contributed by atoms with Gasteiger partial charge >= 0.3 is 0 Å². The molecule has 0 radical (unpaired) electrons. The molecule has 0 saturated heterocycles. The van der Waals surface area contributed by atoms with Crippen molar-refractivity contribution >= 4 is 35.0 Å². The first-order valence-electron chi connectivity index (χ1n) is 9.48. The number of thioether (sulfide) groups is 1. The van der Waals surface area contributed by atoms with Crippen molar-refractivity contribution in [1.82, 2.24) is 14.8 Å². The zero-order chi connectivity index (χ0) is 22.2. The van der Waals surface area contributed by atoms with Gasteiger partial charge < -0.3 is 14.8 Å². The van der Waals surface area contributed by atoms with Gasteiger partial charge in [-0.3, -0.25) is 9.36 Å². The highest BCUT2D eigenvalue weighted by molar-refractivity contribution is 7.99. The number of hydrogen-bond donors (Lipinski definition) is 1. The van der Waals surface area contributed by atoms with Crippen molar-refractivity contribution in [2.24, 2.45) is 0 Å². The smallest absolute Gasteiger partial charge is 0.234 e. The van der Waals surface area contributed by atoms with Crippen LogP contribution >= 0.6 is 23.4 Å². The number of ether oxygens (including phenoxy) is 2. The van der Waals surface area contributed by atoms with Crippen molar-refractivity contribution in [3.63, 3.8) is 0 Å². The molecule has 1 amide bonds. The second-order valence-electron chi connectivity index (χ2n) is 6.59. The van der Waals surface area contributed by atoms with Gasteiger partial charge in [0, 0.05) is 12.2 Å². The van der Waals surface area contributed by atoms with E-state index in [1.54, 1.807) is 43.5 Å². The van der Waals surface area contributed by atoms with Gasteiger partial charge in [-0.25, -0.2) is 0 Å². The lowest BCUT2D eigenvalue weighted by atomic mass is 10.2. The van der Waals surface area contributed by atoms with Gasteiger partial charge in [-0.15, -0.1) is 16.8 Å². The van der Waals surface area contributed by atoms with Crippen LogP contribution in [0, 0.1) is 6.92 Å². The highest BCUT2D eigenvalue weighted by atomic mass is 35.5. The van der Waals surface area contributed by atoms with Crippen molar-refractivity contribution in [3.05, 3.63) is 71.5 Å². The molecule has 0 aliphatic rings. The highest BCUT2D eigenvalue weighted by Crippen LogP contribution is 2.26. The normalized spacial score (nSPS) is 10.5. The molecule has 2 aromatic carbocycles. The Balaban J connectivity index is 1.61. The summed E-state index contributed by atoms with van der Waals surface area (Å²) in [5.74, 6) is 1.98. The summed E-state index contributed by atoms with van der Waals surface area (Å²) in [6, 6.07) is 12.7. The first kappa shape index (κ1) is 22.7. The molecule has 1 N–H and O–H groups in total. The fraction of sp³-hybridized carbons (Fsp3) is 0.227. The molecule has 0 fully saturated rings. The maximum atomic E-state index is 12.3. The van der Waals surface area contributed by atoms with Crippen molar-refractivity contribution in [2.45, 2.75) is 25.2 Å². The number of hydrogen-bond acceptors (Lipinski definition) is 6. The standard InChI is InChI=1S/C22H23ClN4O3S/c1-4-11-27-20(13-30-19-12-15(2)5-10-18(19)23)25-26-22(27)31-14-21(28)24-16-6-8-17(29-3)9-7-16/h4-10,12H,1,11,13-14H2,2-3H3,(H,24,28). The number of nitrogens with zero attached hydrogens (tertiary/aromatic N) is 3. The van der Waals surface area contributed by atoms with Crippen LogP contribution in [-0.4, -0.2) is 33.5 Å². The summed E-state index contributed by atoms with van der Waals surface area (Å²) in [4.78, 5) is 12.3. The molecule has 0 aliphatic carbocycles. The lowest BCUT2D eigenvalue weighted by Gasteiger charge is -2.11. The molecule has 0 aliphatic heterocycles. The molecule has 0 bridgehead atoms. The van der Waals surface area contributed by atoms with Gasteiger partial charge in [0.15, 0.2) is 11.0 Å². The SMILES string of the molecule is C=CCn1c(COc2cc(C)ccc2Cl)nnc1SCC(=O)Nc1ccc(OC)cc1. The summed E-state index contributed by atoms with van der Waals surface area (Å²) in [5.41, 5.74) is 1.74. The lowest BCUT2D eigenvalue weighted by molar-refractivity contribution is -0.113. The van der Waals surface area contributed by atoms with Crippen molar-refractivity contribution in [2.75, 3.05) is 18.2 Å². The van der Waals surface area contributed by atoms with Crippen LogP contribution in [0.2, 0.25) is 5.02 Å². The number of carbonyl (C=O) groups excluding carboxylic acids is 1. The maximum absolute atomic E-state index is 12.3. The van der Waals surface area contributed by atoms with E-state index < -0.39 is 0 Å². The van der Waals surface area contributed by atoms with Crippen LogP contribution in [0.25, 0.3) is 0 Å². The predicted octanol–water partition coefficient (Wildman–Crippen LogP) is 4.74. The number of anilines is 1. The molecule has 162 valence electrons. The number of nitrogens with one attached hydrogen (secondary N) is 1. The van der Waals surface area contributed by atoms with E-state index >= 15 is 0 Å². The maximum Gasteiger partial charge on any atom is 0.234 e. The zero-order valence-electron chi connectivity index (χ0n) is 17.3. The summed E-state index contributed by atoms with van der Waals surface area (Å²) >= 11 is 7.49. The topological polar surface area (TPSA) is 78.3 Å². The fourth-order valence-corrected chi connectivity index (χ4v) is 3.65. The van der Waals surface area contributed by atoms with E-state index in [1.807, 2.05) is 23.6 Å². The molecule has 0 atom stereocenters. The molecule has 3 aromatic rings. The molecule has 1 heterocycles. The Kier molecular flexibility index (Phi) is 7.97. The molecule has 0 saturated carbocycles. The highest BCUT2D eigenvalue weighted by Gasteiger charge is 2.15. The van der Waals surface area contributed by atoms with E-state index in [0.29, 0.717) is 34.0 Å². The number of halogens is 1. The number of aryl methyl sites for hydroxylation is 1. The number of aromatic nitrogens is 3. The largest absolute Gasteiger partial charge is 0.497 e. The van der Waals surface area contributed by atoms with Crippen LogP contribution in [0.15, 0.2) is 60.3 Å². The van der Waals surface area contributed by atoms with Crippen LogP contribution < -0.4 is 14.8 Å². The number of rotatable bonds is 10. The molecule has 0 spiro atoms. The van der Waals surface area contributed by atoms with Gasteiger partial charge in [0.25, 0.3) is 0 Å². The average Bonchev–Trinajstić information content (AvgIpc) is 3.15. The monoisotopic (exact) mass is 458 g/mol. The Morgan fingerprint density at radius 3 is 2.74 bits per heavy atom. The van der Waals surface area contributed by atoms with E-state index in [1.165, 1.54) is 11.8 Å². The summed E-state index contributed by atoms with van der Waals surface area (Å²) in [6.07, 6.45) is 1.74. The van der Waals surface area contributed by atoms with Crippen LogP contribution in [0.5, 0.6) is 11.5 Å². The summed E-state index contributed by atoms with van der Waals surface area (Å²) in [5, 5.41) is 12.4. The van der Waals surface area contributed by atoms with Crippen LogP contribution in [-0.2, 0) is 17.9 Å². The van der Waals surface area contributed by atoms with E-state index in [9.17, 15) is 4.79 Å². The minimum atomic E-state index is -0.146. The van der Waals surface area contributed by atoms with Crippen molar-refractivity contribution in [1.29, 1.82) is 0 Å². The van der Waals surface area contributed by atoms with Crippen LogP contribution in [0.3, 0.4) is 0 Å². The minimum Gasteiger partial charge on any atom is -0.497 e. The third-order valence-electron chi connectivity index (χ3n) is 4.25. The van der Waals surface area contributed by atoms with Gasteiger partial charge in [0.05, 0.1) is 17.9 Å². The zero-order valence-corrected chi connectivity index (χ0v) is 18.9. The van der Waals surface area contributed by atoms with Gasteiger partial charge in [0.2, 0.25) is 5.91 Å². The van der Waals surface area contributed by atoms with Crippen molar-refractivity contribution in [3.8, 4) is 11.5 Å². The number of benzene rings is 2. The first-order valence-corrected chi connectivity index (χ1v) is 10.8. The molecule has 1 aromatic heterocycles. The Morgan fingerprint density at radius 1 is 1.26 bits per heavy atom. The fourth-order valence-electron chi connectivity index (χ4n) is 2.71. The third-order valence-corrected chi connectivity index (χ3v) is 5.53. The first-order chi connectivity index (χ1) is 15.0. The summed E-state index contributed by atoms with van der Waals surface area (Å²) in [6.45, 7) is 6.45. The molecule has 9 heteroatoms. The van der Waals surface area contributed by atoms with Crippen LogP contribution in [0.4, 0.5) is 5.69 Å². The minimum absolute atomic E-state index is 0.146. The van der Waals surface area contributed by atoms with E-state index in [0.717, 1.165) is 11.3 Å². The van der Waals surface area contributed by atoms with E-state index in [2.05, 4.69) is 22.1 Å². The van der Waals surface area contributed by atoms with Crippen LogP contribution in [0.1, 0.15) is 11.4 Å².